The van der Waals surface area contributed by atoms with Crippen LogP contribution in [0.2, 0.25) is 0 Å². The molecule has 1 aromatic rings. The Labute approximate surface area is 118 Å². The van der Waals surface area contributed by atoms with Gasteiger partial charge in [-0.1, -0.05) is 6.07 Å². The lowest BCUT2D eigenvalue weighted by Crippen LogP contribution is -2.52. The Balaban J connectivity index is 1.97. The highest BCUT2D eigenvalue weighted by Crippen LogP contribution is 2.12. The fourth-order valence-corrected chi connectivity index (χ4v) is 2.24. The molecule has 1 aliphatic rings. The SMILES string of the molecule is CN(C)C(=O)N1CCN(C(=O)c2cccc(N)c2)CC1. The number of hydrogen-bond donors (Lipinski definition) is 1. The molecule has 0 aliphatic carbocycles. The monoisotopic (exact) mass is 276 g/mol. The summed E-state index contributed by atoms with van der Waals surface area (Å²) in [6.07, 6.45) is 0. The smallest absolute Gasteiger partial charge is 0.319 e. The van der Waals surface area contributed by atoms with E-state index in [1.807, 2.05) is 0 Å². The summed E-state index contributed by atoms with van der Waals surface area (Å²) >= 11 is 0. The molecular formula is C14H20N4O2. The summed E-state index contributed by atoms with van der Waals surface area (Å²) in [5.41, 5.74) is 6.87. The standard InChI is InChI=1S/C14H20N4O2/c1-16(2)14(20)18-8-6-17(7-9-18)13(19)11-4-3-5-12(15)10-11/h3-5,10H,6-9,15H2,1-2H3. The van der Waals surface area contributed by atoms with Gasteiger partial charge in [-0.15, -0.1) is 0 Å². The van der Waals surface area contributed by atoms with Crippen molar-refractivity contribution in [1.82, 2.24) is 14.7 Å². The largest absolute Gasteiger partial charge is 0.399 e. The molecule has 1 aromatic carbocycles. The summed E-state index contributed by atoms with van der Waals surface area (Å²) in [6.45, 7) is 2.22. The highest BCUT2D eigenvalue weighted by molar-refractivity contribution is 5.95. The molecule has 1 fully saturated rings. The van der Waals surface area contributed by atoms with Crippen LogP contribution in [-0.2, 0) is 0 Å². The summed E-state index contributed by atoms with van der Waals surface area (Å²) in [5.74, 6) is -0.0331. The third-order valence-electron chi connectivity index (χ3n) is 3.35. The van der Waals surface area contributed by atoms with E-state index >= 15 is 0 Å². The van der Waals surface area contributed by atoms with Gasteiger partial charge in [0.1, 0.15) is 0 Å². The first-order valence-corrected chi connectivity index (χ1v) is 6.60. The van der Waals surface area contributed by atoms with E-state index in [4.69, 9.17) is 5.73 Å². The Morgan fingerprint density at radius 1 is 1.10 bits per heavy atom. The quantitative estimate of drug-likeness (QED) is 0.768. The highest BCUT2D eigenvalue weighted by atomic mass is 16.2. The van der Waals surface area contributed by atoms with Gasteiger partial charge in [0.15, 0.2) is 0 Å². The van der Waals surface area contributed by atoms with Crippen LogP contribution in [0.25, 0.3) is 0 Å². The first-order chi connectivity index (χ1) is 9.49. The molecule has 2 rings (SSSR count). The van der Waals surface area contributed by atoms with Crippen molar-refractivity contribution in [3.05, 3.63) is 29.8 Å². The predicted octanol–water partition coefficient (Wildman–Crippen LogP) is 0.708. The van der Waals surface area contributed by atoms with Gasteiger partial charge >= 0.3 is 6.03 Å². The van der Waals surface area contributed by atoms with E-state index in [2.05, 4.69) is 0 Å². The summed E-state index contributed by atoms with van der Waals surface area (Å²) in [4.78, 5) is 29.2. The van der Waals surface area contributed by atoms with Crippen molar-refractivity contribution >= 4 is 17.6 Å². The Bertz CT molecular complexity index is 508. The lowest BCUT2D eigenvalue weighted by molar-refractivity contribution is 0.0650. The molecule has 0 spiro atoms. The predicted molar refractivity (Wildman–Crippen MR) is 77.4 cm³/mol. The number of carbonyl (C=O) groups excluding carboxylic acids is 2. The fraction of sp³-hybridized carbons (Fsp3) is 0.429. The lowest BCUT2D eigenvalue weighted by Gasteiger charge is -2.36. The number of benzene rings is 1. The molecule has 3 amide bonds. The van der Waals surface area contributed by atoms with E-state index in [1.165, 1.54) is 0 Å². The van der Waals surface area contributed by atoms with Crippen molar-refractivity contribution < 1.29 is 9.59 Å². The number of urea groups is 1. The normalized spacial score (nSPS) is 15.1. The Kier molecular flexibility index (Phi) is 4.12. The number of piperazine rings is 1. The topological polar surface area (TPSA) is 69.9 Å². The molecular weight excluding hydrogens is 256 g/mol. The van der Waals surface area contributed by atoms with Crippen LogP contribution < -0.4 is 5.73 Å². The van der Waals surface area contributed by atoms with Gasteiger partial charge in [0.2, 0.25) is 0 Å². The van der Waals surface area contributed by atoms with E-state index in [0.717, 1.165) is 0 Å². The Morgan fingerprint density at radius 2 is 1.70 bits per heavy atom. The van der Waals surface area contributed by atoms with Crippen LogP contribution in [0, 0.1) is 0 Å². The molecule has 6 heteroatoms. The molecule has 2 N–H and O–H groups in total. The van der Waals surface area contributed by atoms with E-state index in [0.29, 0.717) is 37.4 Å². The van der Waals surface area contributed by atoms with Crippen molar-refractivity contribution in [2.75, 3.05) is 46.0 Å². The maximum absolute atomic E-state index is 12.3. The van der Waals surface area contributed by atoms with Gasteiger partial charge in [0.25, 0.3) is 5.91 Å². The van der Waals surface area contributed by atoms with Gasteiger partial charge < -0.3 is 20.4 Å². The number of nitrogen functional groups attached to an aromatic ring is 1. The van der Waals surface area contributed by atoms with Crippen molar-refractivity contribution in [3.8, 4) is 0 Å². The summed E-state index contributed by atoms with van der Waals surface area (Å²) in [5, 5.41) is 0. The summed E-state index contributed by atoms with van der Waals surface area (Å²) in [7, 11) is 3.46. The number of nitrogens with zero attached hydrogens (tertiary/aromatic N) is 3. The van der Waals surface area contributed by atoms with Crippen LogP contribution in [0.1, 0.15) is 10.4 Å². The number of carbonyl (C=O) groups is 2. The molecule has 1 heterocycles. The van der Waals surface area contributed by atoms with Crippen LogP contribution in [0.15, 0.2) is 24.3 Å². The average Bonchev–Trinajstić information content (AvgIpc) is 2.46. The number of hydrogen-bond acceptors (Lipinski definition) is 3. The molecule has 1 saturated heterocycles. The average molecular weight is 276 g/mol. The zero-order valence-corrected chi connectivity index (χ0v) is 11.9. The number of amides is 3. The van der Waals surface area contributed by atoms with Crippen molar-refractivity contribution in [1.29, 1.82) is 0 Å². The van der Waals surface area contributed by atoms with Gasteiger partial charge in [-0.3, -0.25) is 4.79 Å². The Morgan fingerprint density at radius 3 is 2.25 bits per heavy atom. The van der Waals surface area contributed by atoms with E-state index < -0.39 is 0 Å². The summed E-state index contributed by atoms with van der Waals surface area (Å²) in [6, 6.07) is 6.95. The second-order valence-corrected chi connectivity index (χ2v) is 5.08. The molecule has 0 saturated carbocycles. The van der Waals surface area contributed by atoms with E-state index in [-0.39, 0.29) is 11.9 Å². The zero-order valence-electron chi connectivity index (χ0n) is 11.9. The third-order valence-corrected chi connectivity index (χ3v) is 3.35. The summed E-state index contributed by atoms with van der Waals surface area (Å²) < 4.78 is 0. The number of rotatable bonds is 1. The molecule has 1 aliphatic heterocycles. The molecule has 6 nitrogen and oxygen atoms in total. The van der Waals surface area contributed by atoms with Gasteiger partial charge in [-0.05, 0) is 18.2 Å². The van der Waals surface area contributed by atoms with Crippen LogP contribution in [0.3, 0.4) is 0 Å². The maximum atomic E-state index is 12.3. The third kappa shape index (κ3) is 3.01. The maximum Gasteiger partial charge on any atom is 0.319 e. The van der Waals surface area contributed by atoms with E-state index in [9.17, 15) is 9.59 Å². The zero-order chi connectivity index (χ0) is 14.7. The second-order valence-electron chi connectivity index (χ2n) is 5.08. The lowest BCUT2D eigenvalue weighted by atomic mass is 10.1. The van der Waals surface area contributed by atoms with Gasteiger partial charge in [0.05, 0.1) is 0 Å². The van der Waals surface area contributed by atoms with Crippen LogP contribution in [-0.4, -0.2) is 66.9 Å². The molecule has 0 bridgehead atoms. The minimum absolute atomic E-state index is 0.0129. The van der Waals surface area contributed by atoms with Crippen LogP contribution >= 0.6 is 0 Å². The Hall–Kier alpha value is -2.24. The minimum Gasteiger partial charge on any atom is -0.399 e. The number of anilines is 1. The second kappa shape index (κ2) is 5.81. The van der Waals surface area contributed by atoms with Crippen molar-refractivity contribution in [3.63, 3.8) is 0 Å². The molecule has 0 atom stereocenters. The minimum atomic E-state index is -0.0331. The van der Waals surface area contributed by atoms with Gasteiger partial charge in [0, 0.05) is 51.5 Å². The molecule has 0 radical (unpaired) electrons. The van der Waals surface area contributed by atoms with Crippen molar-refractivity contribution in [2.24, 2.45) is 0 Å². The highest BCUT2D eigenvalue weighted by Gasteiger charge is 2.25. The van der Waals surface area contributed by atoms with Gasteiger partial charge in [-0.2, -0.15) is 0 Å². The first-order valence-electron chi connectivity index (χ1n) is 6.60. The van der Waals surface area contributed by atoms with Crippen LogP contribution in [0.4, 0.5) is 10.5 Å². The molecule has 20 heavy (non-hydrogen) atoms. The van der Waals surface area contributed by atoms with Gasteiger partial charge in [-0.25, -0.2) is 4.79 Å². The molecule has 108 valence electrons. The molecule has 0 unspecified atom stereocenters. The molecule has 0 aromatic heterocycles. The first kappa shape index (κ1) is 14.2. The van der Waals surface area contributed by atoms with Crippen LogP contribution in [0.5, 0.6) is 0 Å². The van der Waals surface area contributed by atoms with E-state index in [1.54, 1.807) is 53.1 Å². The number of nitrogens with two attached hydrogens (primary N) is 1. The fourth-order valence-electron chi connectivity index (χ4n) is 2.24. The van der Waals surface area contributed by atoms with Crippen molar-refractivity contribution in [2.45, 2.75) is 0 Å².